The first kappa shape index (κ1) is 15.9. The molecule has 2 aromatic rings. The minimum atomic E-state index is -3.48. The van der Waals surface area contributed by atoms with Gasteiger partial charge in [-0.15, -0.1) is 11.3 Å². The normalized spacial score (nSPS) is 11.8. The second kappa shape index (κ2) is 7.02. The van der Waals surface area contributed by atoms with Gasteiger partial charge in [-0.3, -0.25) is 0 Å². The van der Waals surface area contributed by atoms with Crippen LogP contribution in [0.1, 0.15) is 19.0 Å². The molecule has 0 saturated heterocycles. The molecular formula is C14H19N3O2S2. The summed E-state index contributed by atoms with van der Waals surface area (Å²) in [5.74, 6) is 0. The summed E-state index contributed by atoms with van der Waals surface area (Å²) in [5, 5.41) is 5.07. The third-order valence-corrected chi connectivity index (χ3v) is 5.46. The summed E-state index contributed by atoms with van der Waals surface area (Å²) in [6.45, 7) is 3.23. The summed E-state index contributed by atoms with van der Waals surface area (Å²) in [5.41, 5.74) is 3.38. The van der Waals surface area contributed by atoms with E-state index >= 15 is 0 Å². The monoisotopic (exact) mass is 325 g/mol. The first-order valence-corrected chi connectivity index (χ1v) is 9.09. The van der Waals surface area contributed by atoms with Gasteiger partial charge in [0.05, 0.1) is 22.6 Å². The zero-order chi connectivity index (χ0) is 15.3. The van der Waals surface area contributed by atoms with E-state index in [-0.39, 0.29) is 6.54 Å². The van der Waals surface area contributed by atoms with Crippen molar-refractivity contribution in [3.8, 4) is 0 Å². The van der Waals surface area contributed by atoms with Crippen molar-refractivity contribution in [3.63, 3.8) is 0 Å². The fourth-order valence-corrected chi connectivity index (χ4v) is 3.51. The molecule has 5 nitrogen and oxygen atoms in total. The molecule has 0 amide bonds. The smallest absolute Gasteiger partial charge is 0.243 e. The molecule has 1 heterocycles. The second-order valence-corrected chi connectivity index (χ2v) is 7.46. The first-order valence-electron chi connectivity index (χ1n) is 6.71. The Bertz CT molecular complexity index is 652. The Morgan fingerprint density at radius 1 is 1.29 bits per heavy atom. The van der Waals surface area contributed by atoms with Crippen molar-refractivity contribution in [2.75, 3.05) is 18.9 Å². The third kappa shape index (κ3) is 4.03. The van der Waals surface area contributed by atoms with Crippen molar-refractivity contribution < 1.29 is 8.42 Å². The van der Waals surface area contributed by atoms with Crippen LogP contribution in [-0.2, 0) is 16.6 Å². The highest BCUT2D eigenvalue weighted by Gasteiger charge is 2.21. The number of thiazole rings is 1. The van der Waals surface area contributed by atoms with E-state index in [2.05, 4.69) is 17.2 Å². The lowest BCUT2D eigenvalue weighted by atomic mass is 10.3. The zero-order valence-corrected chi connectivity index (χ0v) is 13.7. The number of rotatable bonds is 7. The molecule has 0 saturated carbocycles. The predicted octanol–water partition coefficient (Wildman–Crippen LogP) is 2.79. The van der Waals surface area contributed by atoms with Gasteiger partial charge in [-0.2, -0.15) is 4.31 Å². The predicted molar refractivity (Wildman–Crippen MR) is 86.0 cm³/mol. The minimum Gasteiger partial charge on any atom is -0.385 e. The molecule has 114 valence electrons. The van der Waals surface area contributed by atoms with Crippen LogP contribution in [0.25, 0.3) is 0 Å². The minimum absolute atomic E-state index is 0.279. The van der Waals surface area contributed by atoms with E-state index in [0.717, 1.165) is 24.3 Å². The Morgan fingerprint density at radius 3 is 2.57 bits per heavy atom. The average Bonchev–Trinajstić information content (AvgIpc) is 2.98. The summed E-state index contributed by atoms with van der Waals surface area (Å²) >= 11 is 1.46. The molecule has 0 aliphatic rings. The average molecular weight is 325 g/mol. The number of nitrogens with zero attached hydrogens (tertiary/aromatic N) is 2. The third-order valence-electron chi connectivity index (χ3n) is 3.01. The molecular weight excluding hydrogens is 306 g/mol. The standard InChI is InChI=1S/C14H19N3O2S2/c1-3-8-15-12-4-6-14(7-5-12)21(18,19)17(2)9-13-10-20-11-16-13/h4-7,10-11,15H,3,8-9H2,1-2H3. The molecule has 21 heavy (non-hydrogen) atoms. The first-order chi connectivity index (χ1) is 10.0. The van der Waals surface area contributed by atoms with Crippen LogP contribution in [0.15, 0.2) is 40.1 Å². The molecule has 0 bridgehead atoms. The summed E-state index contributed by atoms with van der Waals surface area (Å²) in [6.07, 6.45) is 1.02. The number of anilines is 1. The van der Waals surface area contributed by atoms with Crippen LogP contribution in [0.3, 0.4) is 0 Å². The van der Waals surface area contributed by atoms with Gasteiger partial charge in [0, 0.05) is 24.7 Å². The maximum Gasteiger partial charge on any atom is 0.243 e. The molecule has 0 aliphatic carbocycles. The largest absolute Gasteiger partial charge is 0.385 e. The summed E-state index contributed by atoms with van der Waals surface area (Å²) in [6, 6.07) is 6.84. The Labute approximate surface area is 129 Å². The van der Waals surface area contributed by atoms with Crippen LogP contribution in [0.2, 0.25) is 0 Å². The van der Waals surface area contributed by atoms with Gasteiger partial charge < -0.3 is 5.32 Å². The molecule has 1 aromatic heterocycles. The molecule has 0 atom stereocenters. The van der Waals surface area contributed by atoms with Gasteiger partial charge in [0.2, 0.25) is 10.0 Å². The van der Waals surface area contributed by atoms with Crippen molar-refractivity contribution in [3.05, 3.63) is 40.8 Å². The molecule has 2 rings (SSSR count). The number of benzene rings is 1. The van der Waals surface area contributed by atoms with E-state index in [1.54, 1.807) is 36.8 Å². The molecule has 0 fully saturated rings. The fourth-order valence-electron chi connectivity index (χ4n) is 1.82. The van der Waals surface area contributed by atoms with Crippen molar-refractivity contribution in [1.29, 1.82) is 0 Å². The van der Waals surface area contributed by atoms with E-state index < -0.39 is 10.0 Å². The summed E-state index contributed by atoms with van der Waals surface area (Å²) in [7, 11) is -1.91. The van der Waals surface area contributed by atoms with Crippen LogP contribution in [-0.4, -0.2) is 31.3 Å². The molecule has 0 aliphatic heterocycles. The molecule has 1 N–H and O–H groups in total. The van der Waals surface area contributed by atoms with Crippen LogP contribution in [0, 0.1) is 0 Å². The van der Waals surface area contributed by atoms with Crippen molar-refractivity contribution in [2.24, 2.45) is 0 Å². The molecule has 0 spiro atoms. The Kier molecular flexibility index (Phi) is 5.33. The maximum absolute atomic E-state index is 12.5. The van der Waals surface area contributed by atoms with Gasteiger partial charge >= 0.3 is 0 Å². The molecule has 1 aromatic carbocycles. The van der Waals surface area contributed by atoms with E-state index in [1.807, 2.05) is 5.38 Å². The quantitative estimate of drug-likeness (QED) is 0.850. The second-order valence-electron chi connectivity index (χ2n) is 4.69. The number of nitrogens with one attached hydrogen (secondary N) is 1. The van der Waals surface area contributed by atoms with Gasteiger partial charge in [-0.25, -0.2) is 13.4 Å². The van der Waals surface area contributed by atoms with Gasteiger partial charge in [0.15, 0.2) is 0 Å². The topological polar surface area (TPSA) is 62.3 Å². The van der Waals surface area contributed by atoms with Crippen LogP contribution < -0.4 is 5.32 Å². The summed E-state index contributed by atoms with van der Waals surface area (Å²) < 4.78 is 26.2. The highest BCUT2D eigenvalue weighted by Crippen LogP contribution is 2.19. The highest BCUT2D eigenvalue weighted by atomic mass is 32.2. The van der Waals surface area contributed by atoms with Crippen molar-refractivity contribution >= 4 is 27.0 Å². The van der Waals surface area contributed by atoms with Crippen molar-refractivity contribution in [1.82, 2.24) is 9.29 Å². The van der Waals surface area contributed by atoms with E-state index in [9.17, 15) is 8.42 Å². The lowest BCUT2D eigenvalue weighted by molar-refractivity contribution is 0.463. The SMILES string of the molecule is CCCNc1ccc(S(=O)(=O)N(C)Cc2cscn2)cc1. The number of aromatic nitrogens is 1. The number of sulfonamides is 1. The molecule has 0 radical (unpaired) electrons. The number of hydrogen-bond donors (Lipinski definition) is 1. The lowest BCUT2D eigenvalue weighted by Crippen LogP contribution is -2.26. The van der Waals surface area contributed by atoms with Crippen LogP contribution >= 0.6 is 11.3 Å². The van der Waals surface area contributed by atoms with Gasteiger partial charge in [0.1, 0.15) is 0 Å². The van der Waals surface area contributed by atoms with Gasteiger partial charge in [0.25, 0.3) is 0 Å². The Morgan fingerprint density at radius 2 is 2.00 bits per heavy atom. The van der Waals surface area contributed by atoms with Crippen molar-refractivity contribution in [2.45, 2.75) is 24.8 Å². The van der Waals surface area contributed by atoms with Gasteiger partial charge in [-0.05, 0) is 30.7 Å². The Balaban J connectivity index is 2.11. The molecule has 7 heteroatoms. The lowest BCUT2D eigenvalue weighted by Gasteiger charge is -2.16. The van der Waals surface area contributed by atoms with E-state index in [0.29, 0.717) is 4.90 Å². The summed E-state index contributed by atoms with van der Waals surface area (Å²) in [4.78, 5) is 4.41. The molecule has 0 unspecified atom stereocenters. The Hall–Kier alpha value is -1.44. The highest BCUT2D eigenvalue weighted by molar-refractivity contribution is 7.89. The van der Waals surface area contributed by atoms with Crippen LogP contribution in [0.5, 0.6) is 0 Å². The fraction of sp³-hybridized carbons (Fsp3) is 0.357. The van der Waals surface area contributed by atoms with E-state index in [4.69, 9.17) is 0 Å². The zero-order valence-electron chi connectivity index (χ0n) is 12.1. The van der Waals surface area contributed by atoms with E-state index in [1.165, 1.54) is 15.6 Å². The van der Waals surface area contributed by atoms with Crippen LogP contribution in [0.4, 0.5) is 5.69 Å². The van der Waals surface area contributed by atoms with Gasteiger partial charge in [-0.1, -0.05) is 6.92 Å². The maximum atomic E-state index is 12.5. The number of hydrogen-bond acceptors (Lipinski definition) is 5.